The number of aliphatic hydroxyl groups excluding tert-OH is 2. The highest BCUT2D eigenvalue weighted by Gasteiger charge is 2.37. The summed E-state index contributed by atoms with van der Waals surface area (Å²) >= 11 is 0. The zero-order chi connectivity index (χ0) is 25.3. The van der Waals surface area contributed by atoms with Crippen LogP contribution in [0.5, 0.6) is 0 Å². The second-order valence-corrected chi connectivity index (χ2v) is 10.6. The zero-order valence-corrected chi connectivity index (χ0v) is 19.6. The van der Waals surface area contributed by atoms with Gasteiger partial charge in [0.2, 0.25) is 9.84 Å². The SMILES string of the molecule is O=[N+]([O-])c1cccc(S(=O)(=O)c2cccc([N+](=O)[O-])c2N2CCC(O)CC2)c1N1CCC(O)CC1. The van der Waals surface area contributed by atoms with Crippen LogP contribution in [-0.2, 0) is 9.84 Å². The summed E-state index contributed by atoms with van der Waals surface area (Å²) in [6.07, 6.45) is 0.139. The van der Waals surface area contributed by atoms with Crippen molar-refractivity contribution < 1.29 is 28.5 Å². The van der Waals surface area contributed by atoms with Crippen molar-refractivity contribution in [2.75, 3.05) is 36.0 Å². The molecule has 2 fully saturated rings. The van der Waals surface area contributed by atoms with E-state index in [1.165, 1.54) is 36.4 Å². The van der Waals surface area contributed by atoms with Crippen molar-refractivity contribution in [3.8, 4) is 0 Å². The van der Waals surface area contributed by atoms with Gasteiger partial charge in [-0.3, -0.25) is 20.2 Å². The Hall–Kier alpha value is -3.29. The first-order valence-corrected chi connectivity index (χ1v) is 12.8. The van der Waals surface area contributed by atoms with Crippen LogP contribution in [0.4, 0.5) is 22.7 Å². The van der Waals surface area contributed by atoms with E-state index >= 15 is 0 Å². The molecule has 2 saturated heterocycles. The molecule has 2 aromatic carbocycles. The number of nitro groups is 2. The number of rotatable bonds is 6. The summed E-state index contributed by atoms with van der Waals surface area (Å²) < 4.78 is 28.1. The molecule has 0 unspecified atom stereocenters. The van der Waals surface area contributed by atoms with Crippen LogP contribution >= 0.6 is 0 Å². The topological polar surface area (TPSA) is 167 Å². The van der Waals surface area contributed by atoms with Gasteiger partial charge in [-0.25, -0.2) is 8.42 Å². The van der Waals surface area contributed by atoms with Crippen molar-refractivity contribution in [2.24, 2.45) is 0 Å². The summed E-state index contributed by atoms with van der Waals surface area (Å²) in [4.78, 5) is 24.9. The van der Waals surface area contributed by atoms with Crippen molar-refractivity contribution in [3.63, 3.8) is 0 Å². The van der Waals surface area contributed by atoms with Gasteiger partial charge < -0.3 is 20.0 Å². The molecule has 0 bridgehead atoms. The number of para-hydroxylation sites is 2. The molecular weight excluding hydrogens is 480 g/mol. The molecule has 2 aliphatic heterocycles. The molecule has 2 N–H and O–H groups in total. The number of piperidine rings is 2. The number of sulfone groups is 1. The van der Waals surface area contributed by atoms with Gasteiger partial charge in [-0.05, 0) is 37.8 Å². The van der Waals surface area contributed by atoms with E-state index in [0.717, 1.165) is 0 Å². The molecule has 0 saturated carbocycles. The maximum absolute atomic E-state index is 14.0. The molecule has 2 heterocycles. The first-order chi connectivity index (χ1) is 16.6. The number of nitrogens with zero attached hydrogens (tertiary/aromatic N) is 4. The highest BCUT2D eigenvalue weighted by molar-refractivity contribution is 7.91. The van der Waals surface area contributed by atoms with Gasteiger partial charge in [-0.1, -0.05) is 12.1 Å². The zero-order valence-electron chi connectivity index (χ0n) is 18.8. The lowest BCUT2D eigenvalue weighted by Crippen LogP contribution is -2.37. The molecular formula is C22H26N4O8S. The average molecular weight is 507 g/mol. The number of nitro benzene ring substituents is 2. The smallest absolute Gasteiger partial charge is 0.293 e. The summed E-state index contributed by atoms with van der Waals surface area (Å²) in [5, 5.41) is 43.4. The Morgan fingerprint density at radius 1 is 0.714 bits per heavy atom. The van der Waals surface area contributed by atoms with Crippen LogP contribution in [-0.4, -0.2) is 66.9 Å². The lowest BCUT2D eigenvalue weighted by molar-refractivity contribution is -0.384. The molecule has 0 aromatic heterocycles. The van der Waals surface area contributed by atoms with Crippen molar-refractivity contribution in [3.05, 3.63) is 56.6 Å². The van der Waals surface area contributed by atoms with E-state index in [2.05, 4.69) is 0 Å². The van der Waals surface area contributed by atoms with Crippen LogP contribution in [0, 0.1) is 20.2 Å². The Morgan fingerprint density at radius 2 is 1.06 bits per heavy atom. The third-order valence-corrected chi connectivity index (χ3v) is 8.31. The first kappa shape index (κ1) is 24.8. The number of hydrogen-bond acceptors (Lipinski definition) is 10. The quantitative estimate of drug-likeness (QED) is 0.438. The van der Waals surface area contributed by atoms with Crippen molar-refractivity contribution >= 4 is 32.6 Å². The Labute approximate surface area is 201 Å². The Bertz CT molecular complexity index is 1150. The fourth-order valence-electron chi connectivity index (χ4n) is 4.68. The third kappa shape index (κ3) is 4.79. The van der Waals surface area contributed by atoms with Crippen LogP contribution in [0.25, 0.3) is 0 Å². The van der Waals surface area contributed by atoms with E-state index in [1.807, 2.05) is 0 Å². The average Bonchev–Trinajstić information content (AvgIpc) is 2.84. The molecule has 13 heteroatoms. The minimum absolute atomic E-state index is 0.0871. The monoisotopic (exact) mass is 506 g/mol. The predicted octanol–water partition coefficient (Wildman–Crippen LogP) is 2.26. The first-order valence-electron chi connectivity index (χ1n) is 11.3. The van der Waals surface area contributed by atoms with E-state index in [9.17, 15) is 38.9 Å². The molecule has 0 spiro atoms. The highest BCUT2D eigenvalue weighted by atomic mass is 32.2. The fraction of sp³-hybridized carbons (Fsp3) is 0.455. The van der Waals surface area contributed by atoms with Crippen molar-refractivity contribution in [1.29, 1.82) is 0 Å². The number of aliphatic hydroxyl groups is 2. The lowest BCUT2D eigenvalue weighted by atomic mass is 10.1. The molecule has 0 radical (unpaired) electrons. The minimum Gasteiger partial charge on any atom is -0.393 e. The van der Waals surface area contributed by atoms with Crippen LogP contribution < -0.4 is 9.80 Å². The molecule has 188 valence electrons. The second kappa shape index (κ2) is 9.76. The van der Waals surface area contributed by atoms with E-state index in [0.29, 0.717) is 25.7 Å². The van der Waals surface area contributed by atoms with Crippen LogP contribution in [0.3, 0.4) is 0 Å². The second-order valence-electron chi connectivity index (χ2n) is 8.70. The molecule has 0 amide bonds. The van der Waals surface area contributed by atoms with Crippen LogP contribution in [0.2, 0.25) is 0 Å². The van der Waals surface area contributed by atoms with E-state index in [1.54, 1.807) is 9.80 Å². The van der Waals surface area contributed by atoms with E-state index in [-0.39, 0.29) is 47.3 Å². The van der Waals surface area contributed by atoms with Crippen LogP contribution in [0.15, 0.2) is 46.2 Å². The Balaban J connectivity index is 1.91. The number of hydrogen-bond donors (Lipinski definition) is 2. The fourth-order valence-corrected chi connectivity index (χ4v) is 6.41. The van der Waals surface area contributed by atoms with Gasteiger partial charge in [-0.15, -0.1) is 0 Å². The predicted molar refractivity (Wildman–Crippen MR) is 127 cm³/mol. The Kier molecular flexibility index (Phi) is 6.92. The van der Waals surface area contributed by atoms with E-state index in [4.69, 9.17) is 0 Å². The molecule has 35 heavy (non-hydrogen) atoms. The standard InChI is InChI=1S/C22H26N4O8S/c27-15-7-11-23(12-8-15)21-17(25(29)30)3-1-5-19(21)35(33,34)20-6-2-4-18(26(31)32)22(20)24-13-9-16(28)10-14-24/h1-6,15-16,27-28H,7-14H2. The van der Waals surface area contributed by atoms with Crippen molar-refractivity contribution in [2.45, 2.75) is 47.7 Å². The molecule has 2 aliphatic rings. The third-order valence-electron chi connectivity index (χ3n) is 6.49. The minimum atomic E-state index is -4.46. The van der Waals surface area contributed by atoms with Crippen molar-refractivity contribution in [1.82, 2.24) is 0 Å². The lowest BCUT2D eigenvalue weighted by Gasteiger charge is -2.33. The van der Waals surface area contributed by atoms with Gasteiger partial charge in [0.1, 0.15) is 21.2 Å². The van der Waals surface area contributed by atoms with Gasteiger partial charge in [0.05, 0.1) is 22.1 Å². The largest absolute Gasteiger partial charge is 0.393 e. The summed E-state index contributed by atoms with van der Waals surface area (Å²) in [6.45, 7) is 0.890. The molecule has 2 aromatic rings. The summed E-state index contributed by atoms with van der Waals surface area (Å²) in [7, 11) is -4.46. The van der Waals surface area contributed by atoms with E-state index < -0.39 is 43.3 Å². The molecule has 0 aliphatic carbocycles. The summed E-state index contributed by atoms with van der Waals surface area (Å²) in [5.41, 5.74) is -0.960. The van der Waals surface area contributed by atoms with Gasteiger partial charge in [0.25, 0.3) is 11.4 Å². The Morgan fingerprint density at radius 3 is 1.37 bits per heavy atom. The summed E-state index contributed by atoms with van der Waals surface area (Å²) in [5.74, 6) is 0. The summed E-state index contributed by atoms with van der Waals surface area (Å²) in [6, 6.07) is 7.54. The molecule has 0 atom stereocenters. The maximum atomic E-state index is 14.0. The molecule has 12 nitrogen and oxygen atoms in total. The number of anilines is 2. The van der Waals surface area contributed by atoms with Crippen LogP contribution in [0.1, 0.15) is 25.7 Å². The maximum Gasteiger partial charge on any atom is 0.293 e. The molecule has 4 rings (SSSR count). The number of benzene rings is 2. The highest BCUT2D eigenvalue weighted by Crippen LogP contribution is 2.43. The van der Waals surface area contributed by atoms with Gasteiger partial charge >= 0.3 is 0 Å². The van der Waals surface area contributed by atoms with Gasteiger partial charge in [0, 0.05) is 38.3 Å². The van der Waals surface area contributed by atoms with Gasteiger partial charge in [0.15, 0.2) is 0 Å². The normalized spacial score (nSPS) is 18.0. The van der Waals surface area contributed by atoms with Gasteiger partial charge in [-0.2, -0.15) is 0 Å².